The molecule has 0 atom stereocenters. The number of halogens is 1. The van der Waals surface area contributed by atoms with Crippen LogP contribution in [-0.2, 0) is 11.3 Å². The fraction of sp³-hybridized carbons (Fsp3) is 0.632. The van der Waals surface area contributed by atoms with E-state index in [9.17, 15) is 14.4 Å². The largest absolute Gasteiger partial charge is 0.352 e. The van der Waals surface area contributed by atoms with Crippen molar-refractivity contribution in [1.29, 1.82) is 0 Å². The zero-order valence-corrected chi connectivity index (χ0v) is 17.4. The van der Waals surface area contributed by atoms with Gasteiger partial charge >= 0.3 is 0 Å². The molecule has 3 N–H and O–H groups in total. The topological polar surface area (TPSA) is 97.4 Å². The number of aryl methyl sites for hydroxylation is 1. The summed E-state index contributed by atoms with van der Waals surface area (Å²) in [6, 6.07) is 1.43. The van der Waals surface area contributed by atoms with E-state index in [0.717, 1.165) is 12.8 Å². The average Bonchev–Trinajstić information content (AvgIpc) is 2.57. The van der Waals surface area contributed by atoms with Gasteiger partial charge in [-0.1, -0.05) is 0 Å². The van der Waals surface area contributed by atoms with E-state index in [0.29, 0.717) is 42.4 Å². The van der Waals surface area contributed by atoms with E-state index in [2.05, 4.69) is 5.32 Å². The number of carbonyl (C=O) groups is 2. The molecule has 1 saturated heterocycles. The zero-order valence-electron chi connectivity index (χ0n) is 16.6. The minimum absolute atomic E-state index is 0. The molecule has 0 bridgehead atoms. The molecule has 1 aliphatic heterocycles. The SMILES string of the molecule is Cc1cc(=O)n(CC(=O)NC(C)C)c(C)c1C(=O)N1CCC(CN)CC1.Cl. The van der Waals surface area contributed by atoms with Crippen molar-refractivity contribution in [2.24, 2.45) is 11.7 Å². The molecule has 0 aromatic carbocycles. The van der Waals surface area contributed by atoms with Crippen LogP contribution in [0.15, 0.2) is 10.9 Å². The summed E-state index contributed by atoms with van der Waals surface area (Å²) < 4.78 is 1.38. The number of pyridine rings is 1. The highest BCUT2D eigenvalue weighted by Gasteiger charge is 2.26. The van der Waals surface area contributed by atoms with Gasteiger partial charge in [0.05, 0.1) is 5.56 Å². The molecule has 7 nitrogen and oxygen atoms in total. The number of rotatable bonds is 5. The van der Waals surface area contributed by atoms with Gasteiger partial charge in [-0.15, -0.1) is 12.4 Å². The number of piperidine rings is 1. The third-order valence-electron chi connectivity index (χ3n) is 4.97. The second-order valence-electron chi connectivity index (χ2n) is 7.41. The van der Waals surface area contributed by atoms with Gasteiger partial charge in [0, 0.05) is 30.9 Å². The Hall–Kier alpha value is -1.86. The van der Waals surface area contributed by atoms with Gasteiger partial charge in [0.25, 0.3) is 11.5 Å². The molecular formula is C19H31ClN4O3. The highest BCUT2D eigenvalue weighted by Crippen LogP contribution is 2.20. The minimum Gasteiger partial charge on any atom is -0.352 e. The molecule has 8 heteroatoms. The Kier molecular flexibility index (Phi) is 8.50. The molecule has 2 amide bonds. The van der Waals surface area contributed by atoms with Crippen LogP contribution in [0.4, 0.5) is 0 Å². The monoisotopic (exact) mass is 398 g/mol. The summed E-state index contributed by atoms with van der Waals surface area (Å²) in [4.78, 5) is 39.3. The van der Waals surface area contributed by atoms with Crippen LogP contribution < -0.4 is 16.6 Å². The van der Waals surface area contributed by atoms with Gasteiger partial charge < -0.3 is 20.5 Å². The van der Waals surface area contributed by atoms with Crippen molar-refractivity contribution >= 4 is 24.2 Å². The van der Waals surface area contributed by atoms with Crippen LogP contribution in [0.2, 0.25) is 0 Å². The Morgan fingerprint density at radius 3 is 2.37 bits per heavy atom. The Balaban J connectivity index is 0.00000364. The number of hydrogen-bond donors (Lipinski definition) is 2. The Labute approximate surface area is 166 Å². The molecule has 1 fully saturated rings. The Morgan fingerprint density at radius 2 is 1.85 bits per heavy atom. The number of hydrogen-bond acceptors (Lipinski definition) is 4. The van der Waals surface area contributed by atoms with E-state index in [1.165, 1.54) is 10.6 Å². The van der Waals surface area contributed by atoms with Gasteiger partial charge in [-0.2, -0.15) is 0 Å². The summed E-state index contributed by atoms with van der Waals surface area (Å²) >= 11 is 0. The first-order valence-electron chi connectivity index (χ1n) is 9.24. The third-order valence-corrected chi connectivity index (χ3v) is 4.97. The maximum atomic E-state index is 13.0. The Morgan fingerprint density at radius 1 is 1.26 bits per heavy atom. The molecule has 0 spiro atoms. The summed E-state index contributed by atoms with van der Waals surface area (Å²) in [5, 5.41) is 2.78. The van der Waals surface area contributed by atoms with Gasteiger partial charge in [0.15, 0.2) is 0 Å². The molecule has 0 radical (unpaired) electrons. The summed E-state index contributed by atoms with van der Waals surface area (Å²) in [6.45, 7) is 9.14. The van der Waals surface area contributed by atoms with Gasteiger partial charge in [0.2, 0.25) is 5.91 Å². The van der Waals surface area contributed by atoms with Crippen molar-refractivity contribution in [3.8, 4) is 0 Å². The number of likely N-dealkylation sites (tertiary alicyclic amines) is 1. The number of nitrogens with one attached hydrogen (secondary N) is 1. The lowest BCUT2D eigenvalue weighted by Gasteiger charge is -2.32. The molecule has 152 valence electrons. The summed E-state index contributed by atoms with van der Waals surface area (Å²) in [5.41, 5.74) is 7.17. The number of amides is 2. The van der Waals surface area contributed by atoms with Crippen molar-refractivity contribution in [1.82, 2.24) is 14.8 Å². The van der Waals surface area contributed by atoms with Crippen molar-refractivity contribution in [3.05, 3.63) is 33.2 Å². The van der Waals surface area contributed by atoms with Gasteiger partial charge in [-0.05, 0) is 58.6 Å². The minimum atomic E-state index is -0.266. The second-order valence-corrected chi connectivity index (χ2v) is 7.41. The molecule has 1 aliphatic rings. The molecule has 2 rings (SSSR count). The lowest BCUT2D eigenvalue weighted by atomic mass is 9.96. The maximum absolute atomic E-state index is 13.0. The van der Waals surface area contributed by atoms with E-state index in [-0.39, 0.29) is 42.4 Å². The van der Waals surface area contributed by atoms with Crippen molar-refractivity contribution < 1.29 is 9.59 Å². The lowest BCUT2D eigenvalue weighted by molar-refractivity contribution is -0.122. The van der Waals surface area contributed by atoms with Crippen LogP contribution in [-0.4, -0.2) is 47.0 Å². The standard InChI is InChI=1S/C19H30N4O3.ClH/c1-12(2)21-16(24)11-23-14(4)18(13(3)9-17(23)25)19(26)22-7-5-15(10-20)6-8-22;/h9,12,15H,5-8,10-11,20H2,1-4H3,(H,21,24);1H. The van der Waals surface area contributed by atoms with Crippen molar-refractivity contribution in [3.63, 3.8) is 0 Å². The highest BCUT2D eigenvalue weighted by atomic mass is 35.5. The smallest absolute Gasteiger partial charge is 0.255 e. The lowest BCUT2D eigenvalue weighted by Crippen LogP contribution is -2.42. The second kappa shape index (κ2) is 9.90. The van der Waals surface area contributed by atoms with Crippen LogP contribution in [0.3, 0.4) is 0 Å². The first-order valence-corrected chi connectivity index (χ1v) is 9.24. The number of nitrogens with zero attached hydrogens (tertiary/aromatic N) is 2. The third kappa shape index (κ3) is 5.56. The molecule has 1 aromatic rings. The van der Waals surface area contributed by atoms with E-state index >= 15 is 0 Å². The predicted molar refractivity (Wildman–Crippen MR) is 108 cm³/mol. The maximum Gasteiger partial charge on any atom is 0.255 e. The summed E-state index contributed by atoms with van der Waals surface area (Å²) in [6.07, 6.45) is 1.80. The van der Waals surface area contributed by atoms with Gasteiger partial charge in [-0.3, -0.25) is 14.4 Å². The number of aromatic nitrogens is 1. The van der Waals surface area contributed by atoms with Gasteiger partial charge in [-0.25, -0.2) is 0 Å². The summed E-state index contributed by atoms with van der Waals surface area (Å²) in [7, 11) is 0. The van der Waals surface area contributed by atoms with Crippen molar-refractivity contribution in [2.75, 3.05) is 19.6 Å². The average molecular weight is 399 g/mol. The number of carbonyl (C=O) groups excluding carboxylic acids is 2. The van der Waals surface area contributed by atoms with Crippen LogP contribution in [0, 0.1) is 19.8 Å². The van der Waals surface area contributed by atoms with Gasteiger partial charge in [0.1, 0.15) is 6.54 Å². The highest BCUT2D eigenvalue weighted by molar-refractivity contribution is 5.96. The predicted octanol–water partition coefficient (Wildman–Crippen LogP) is 1.22. The molecular weight excluding hydrogens is 368 g/mol. The zero-order chi connectivity index (χ0) is 19.4. The van der Waals surface area contributed by atoms with E-state index in [4.69, 9.17) is 5.73 Å². The molecule has 1 aromatic heterocycles. The van der Waals surface area contributed by atoms with Crippen molar-refractivity contribution in [2.45, 2.75) is 53.1 Å². The summed E-state index contributed by atoms with van der Waals surface area (Å²) in [5.74, 6) is 0.152. The first kappa shape index (κ1) is 23.2. The molecule has 0 saturated carbocycles. The fourth-order valence-corrected chi connectivity index (χ4v) is 3.48. The molecule has 27 heavy (non-hydrogen) atoms. The van der Waals surface area contributed by atoms with E-state index < -0.39 is 0 Å². The molecule has 2 heterocycles. The van der Waals surface area contributed by atoms with Crippen LogP contribution in [0.25, 0.3) is 0 Å². The molecule has 0 aliphatic carbocycles. The van der Waals surface area contributed by atoms with Crippen LogP contribution >= 0.6 is 12.4 Å². The quantitative estimate of drug-likeness (QED) is 0.779. The van der Waals surface area contributed by atoms with Crippen LogP contribution in [0.5, 0.6) is 0 Å². The normalized spacial score (nSPS) is 14.8. The first-order chi connectivity index (χ1) is 12.2. The van der Waals surface area contributed by atoms with E-state index in [1.807, 2.05) is 18.7 Å². The Bertz CT molecular complexity index is 737. The fourth-order valence-electron chi connectivity index (χ4n) is 3.48. The van der Waals surface area contributed by atoms with E-state index in [1.54, 1.807) is 13.8 Å². The van der Waals surface area contributed by atoms with Crippen LogP contribution in [0.1, 0.15) is 48.3 Å². The molecule has 0 unspecified atom stereocenters. The number of nitrogens with two attached hydrogens (primary N) is 1.